The molecule has 0 unspecified atom stereocenters. The van der Waals surface area contributed by atoms with Gasteiger partial charge in [-0.1, -0.05) is 12.1 Å². The molecule has 0 amide bonds. The van der Waals surface area contributed by atoms with E-state index in [1.54, 1.807) is 30.1 Å². The maximum Gasteiger partial charge on any atom is 0.227 e. The third-order valence-electron chi connectivity index (χ3n) is 3.54. The van der Waals surface area contributed by atoms with Crippen LogP contribution in [0, 0.1) is 0 Å². The first kappa shape index (κ1) is 15.4. The SMILES string of the molecule is Cn1c(CO)cnc1S(=O)(=O)Cc1ccc(-n2cccn2)cc1. The highest BCUT2D eigenvalue weighted by Gasteiger charge is 2.22. The van der Waals surface area contributed by atoms with E-state index < -0.39 is 9.84 Å². The Morgan fingerprint density at radius 3 is 2.52 bits per heavy atom. The Bertz CT molecular complexity index is 897. The molecule has 0 bridgehead atoms. The molecule has 0 saturated carbocycles. The molecule has 7 nitrogen and oxygen atoms in total. The summed E-state index contributed by atoms with van der Waals surface area (Å²) in [4.78, 5) is 3.91. The first-order valence-electron chi connectivity index (χ1n) is 6.94. The van der Waals surface area contributed by atoms with Gasteiger partial charge in [0.25, 0.3) is 0 Å². The molecular weight excluding hydrogens is 316 g/mol. The van der Waals surface area contributed by atoms with Crippen LogP contribution in [0.2, 0.25) is 0 Å². The van der Waals surface area contributed by atoms with Gasteiger partial charge in [0.15, 0.2) is 0 Å². The third-order valence-corrected chi connectivity index (χ3v) is 5.19. The van der Waals surface area contributed by atoms with Crippen LogP contribution in [0.3, 0.4) is 0 Å². The smallest absolute Gasteiger partial charge is 0.227 e. The molecule has 3 aromatic rings. The lowest BCUT2D eigenvalue weighted by atomic mass is 10.2. The summed E-state index contributed by atoms with van der Waals surface area (Å²) < 4.78 is 28.1. The van der Waals surface area contributed by atoms with Crippen LogP contribution in [0.15, 0.2) is 54.1 Å². The highest BCUT2D eigenvalue weighted by molar-refractivity contribution is 7.90. The molecule has 0 atom stereocenters. The van der Waals surface area contributed by atoms with Gasteiger partial charge in [0.1, 0.15) is 0 Å². The van der Waals surface area contributed by atoms with Crippen molar-refractivity contribution < 1.29 is 13.5 Å². The van der Waals surface area contributed by atoms with E-state index in [0.29, 0.717) is 11.3 Å². The molecule has 0 saturated heterocycles. The van der Waals surface area contributed by atoms with E-state index >= 15 is 0 Å². The van der Waals surface area contributed by atoms with Crippen molar-refractivity contribution in [1.82, 2.24) is 19.3 Å². The predicted molar refractivity (Wildman–Crippen MR) is 83.6 cm³/mol. The van der Waals surface area contributed by atoms with Crippen LogP contribution in [0.4, 0.5) is 0 Å². The summed E-state index contributed by atoms with van der Waals surface area (Å²) in [5.74, 6) is -0.151. The lowest BCUT2D eigenvalue weighted by Crippen LogP contribution is -2.12. The summed E-state index contributed by atoms with van der Waals surface area (Å²) in [6, 6.07) is 8.96. The van der Waals surface area contributed by atoms with Crippen molar-refractivity contribution in [3.8, 4) is 5.69 Å². The Balaban J connectivity index is 1.84. The van der Waals surface area contributed by atoms with Crippen LogP contribution in [0.5, 0.6) is 0 Å². The Morgan fingerprint density at radius 2 is 1.96 bits per heavy atom. The summed E-state index contributed by atoms with van der Waals surface area (Å²) in [7, 11) is -2.01. The minimum atomic E-state index is -3.58. The van der Waals surface area contributed by atoms with Crippen LogP contribution in [0.1, 0.15) is 11.3 Å². The van der Waals surface area contributed by atoms with Crippen LogP contribution in [-0.2, 0) is 29.2 Å². The van der Waals surface area contributed by atoms with Gasteiger partial charge in [-0.15, -0.1) is 0 Å². The molecule has 0 radical (unpaired) electrons. The van der Waals surface area contributed by atoms with E-state index in [0.717, 1.165) is 5.69 Å². The van der Waals surface area contributed by atoms with Crippen molar-refractivity contribution >= 4 is 9.84 Å². The number of aromatic nitrogens is 4. The molecule has 1 aromatic carbocycles. The molecule has 0 aliphatic rings. The number of imidazole rings is 1. The van der Waals surface area contributed by atoms with Gasteiger partial charge in [0.05, 0.1) is 29.9 Å². The zero-order valence-electron chi connectivity index (χ0n) is 12.5. The average molecular weight is 332 g/mol. The molecule has 0 aliphatic carbocycles. The average Bonchev–Trinajstić information content (AvgIpc) is 3.17. The number of aliphatic hydroxyl groups excluding tert-OH is 1. The Morgan fingerprint density at radius 1 is 1.22 bits per heavy atom. The maximum atomic E-state index is 12.5. The minimum absolute atomic E-state index is 0.0438. The van der Waals surface area contributed by atoms with Crippen LogP contribution >= 0.6 is 0 Å². The molecule has 0 aliphatic heterocycles. The van der Waals surface area contributed by atoms with Crippen LogP contribution in [0.25, 0.3) is 5.69 Å². The molecule has 120 valence electrons. The molecule has 2 heterocycles. The van der Waals surface area contributed by atoms with Crippen molar-refractivity contribution in [3.63, 3.8) is 0 Å². The Labute approximate surface area is 133 Å². The van der Waals surface area contributed by atoms with E-state index in [4.69, 9.17) is 5.11 Å². The number of sulfone groups is 1. The molecule has 1 N–H and O–H groups in total. The third kappa shape index (κ3) is 3.03. The summed E-state index contributed by atoms with van der Waals surface area (Å²) in [6.45, 7) is -0.252. The number of hydrogen-bond acceptors (Lipinski definition) is 5. The first-order chi connectivity index (χ1) is 11.0. The van der Waals surface area contributed by atoms with Gasteiger partial charge < -0.3 is 9.67 Å². The normalized spacial score (nSPS) is 11.7. The summed E-state index contributed by atoms with van der Waals surface area (Å²) in [6.07, 6.45) is 4.86. The number of benzene rings is 1. The number of hydrogen-bond donors (Lipinski definition) is 1. The molecule has 3 rings (SSSR count). The van der Waals surface area contributed by atoms with Gasteiger partial charge >= 0.3 is 0 Å². The fourth-order valence-electron chi connectivity index (χ4n) is 2.31. The summed E-state index contributed by atoms with van der Waals surface area (Å²) >= 11 is 0. The molecule has 23 heavy (non-hydrogen) atoms. The number of rotatable bonds is 5. The predicted octanol–water partition coefficient (Wildman–Crippen LogP) is 1.07. The van der Waals surface area contributed by atoms with Gasteiger partial charge in [-0.05, 0) is 23.8 Å². The molecule has 0 fully saturated rings. The number of nitrogens with zero attached hydrogens (tertiary/aromatic N) is 4. The van der Waals surface area contributed by atoms with Gasteiger partial charge in [-0.3, -0.25) is 0 Å². The molecule has 8 heteroatoms. The van der Waals surface area contributed by atoms with Gasteiger partial charge in [-0.25, -0.2) is 18.1 Å². The zero-order valence-corrected chi connectivity index (χ0v) is 13.3. The van der Waals surface area contributed by atoms with E-state index in [1.807, 2.05) is 24.4 Å². The second kappa shape index (κ2) is 5.98. The molecule has 2 aromatic heterocycles. The maximum absolute atomic E-state index is 12.5. The highest BCUT2D eigenvalue weighted by Crippen LogP contribution is 2.17. The fourth-order valence-corrected chi connectivity index (χ4v) is 3.82. The van der Waals surface area contributed by atoms with Crippen molar-refractivity contribution in [2.24, 2.45) is 7.05 Å². The summed E-state index contributed by atoms with van der Waals surface area (Å²) in [5.41, 5.74) is 1.97. The topological polar surface area (TPSA) is 90.0 Å². The second-order valence-electron chi connectivity index (χ2n) is 5.13. The van der Waals surface area contributed by atoms with Gasteiger partial charge in [0.2, 0.25) is 15.0 Å². The van der Waals surface area contributed by atoms with E-state index in [2.05, 4.69) is 10.1 Å². The van der Waals surface area contributed by atoms with Crippen LogP contribution < -0.4 is 0 Å². The van der Waals surface area contributed by atoms with E-state index in [-0.39, 0.29) is 17.5 Å². The first-order valence-corrected chi connectivity index (χ1v) is 8.59. The largest absolute Gasteiger partial charge is 0.390 e. The second-order valence-corrected chi connectivity index (χ2v) is 7.01. The van der Waals surface area contributed by atoms with Gasteiger partial charge in [0, 0.05) is 19.4 Å². The van der Waals surface area contributed by atoms with Gasteiger partial charge in [-0.2, -0.15) is 5.10 Å². The molecule has 0 spiro atoms. The van der Waals surface area contributed by atoms with Crippen molar-refractivity contribution in [1.29, 1.82) is 0 Å². The van der Waals surface area contributed by atoms with E-state index in [9.17, 15) is 8.42 Å². The Hall–Kier alpha value is -2.45. The quantitative estimate of drug-likeness (QED) is 0.755. The lowest BCUT2D eigenvalue weighted by Gasteiger charge is -2.07. The zero-order chi connectivity index (χ0) is 16.4. The standard InChI is InChI=1S/C15H16N4O3S/c1-18-14(10-20)9-16-15(18)23(21,22)11-12-3-5-13(6-4-12)19-8-2-7-17-19/h2-9,20H,10-11H2,1H3. The lowest BCUT2D eigenvalue weighted by molar-refractivity contribution is 0.271. The monoisotopic (exact) mass is 332 g/mol. The number of aliphatic hydroxyl groups is 1. The van der Waals surface area contributed by atoms with E-state index in [1.165, 1.54) is 10.8 Å². The summed E-state index contributed by atoms with van der Waals surface area (Å²) in [5, 5.41) is 13.2. The fraction of sp³-hybridized carbons (Fsp3) is 0.200. The molecular formula is C15H16N4O3S. The Kier molecular flexibility index (Phi) is 4.01. The van der Waals surface area contributed by atoms with Crippen molar-refractivity contribution in [3.05, 3.63) is 60.2 Å². The highest BCUT2D eigenvalue weighted by atomic mass is 32.2. The minimum Gasteiger partial charge on any atom is -0.390 e. The van der Waals surface area contributed by atoms with Crippen molar-refractivity contribution in [2.45, 2.75) is 17.5 Å². The van der Waals surface area contributed by atoms with Crippen LogP contribution in [-0.4, -0.2) is 32.9 Å². The van der Waals surface area contributed by atoms with Crippen molar-refractivity contribution in [2.75, 3.05) is 0 Å².